The zero-order valence-electron chi connectivity index (χ0n) is 12.1. The maximum Gasteiger partial charge on any atom is 0.228 e. The Bertz CT molecular complexity index is 597. The van der Waals surface area contributed by atoms with Crippen molar-refractivity contribution in [2.24, 2.45) is 0 Å². The van der Waals surface area contributed by atoms with Crippen LogP contribution in [0.5, 0.6) is 0 Å². The smallest absolute Gasteiger partial charge is 0.228 e. The van der Waals surface area contributed by atoms with E-state index in [1.54, 1.807) is 11.3 Å². The van der Waals surface area contributed by atoms with E-state index >= 15 is 0 Å². The van der Waals surface area contributed by atoms with Gasteiger partial charge in [-0.2, -0.15) is 0 Å². The third-order valence-electron chi connectivity index (χ3n) is 3.92. The lowest BCUT2D eigenvalue weighted by atomic mass is 9.93. The molecule has 0 N–H and O–H groups in total. The van der Waals surface area contributed by atoms with Crippen LogP contribution in [0, 0.1) is 0 Å². The maximum atomic E-state index is 12.5. The average Bonchev–Trinajstić information content (AvgIpc) is 3.01. The van der Waals surface area contributed by atoms with Gasteiger partial charge in [0, 0.05) is 11.4 Å². The third kappa shape index (κ3) is 3.17. The van der Waals surface area contributed by atoms with Crippen LogP contribution in [0.1, 0.15) is 17.4 Å². The molecule has 1 saturated heterocycles. The van der Waals surface area contributed by atoms with Gasteiger partial charge in [-0.05, 0) is 23.9 Å². The molecular weight excluding hydrogens is 282 g/mol. The number of hydrogen-bond acceptors (Lipinski definition) is 3. The molecule has 2 heterocycles. The Morgan fingerprint density at radius 3 is 2.81 bits per heavy atom. The maximum absolute atomic E-state index is 12.5. The number of ether oxygens (including phenoxy) is 1. The minimum Gasteiger partial charge on any atom is -0.367 e. The van der Waals surface area contributed by atoms with Gasteiger partial charge in [0.15, 0.2) is 0 Å². The lowest BCUT2D eigenvalue weighted by Crippen LogP contribution is -2.50. The molecule has 1 aromatic heterocycles. The van der Waals surface area contributed by atoms with Gasteiger partial charge in [0.05, 0.1) is 19.6 Å². The molecule has 0 aliphatic carbocycles. The number of morpholine rings is 1. The van der Waals surface area contributed by atoms with Crippen molar-refractivity contribution < 1.29 is 9.53 Å². The molecule has 0 bridgehead atoms. The highest BCUT2D eigenvalue weighted by Crippen LogP contribution is 2.29. The van der Waals surface area contributed by atoms with E-state index in [0.29, 0.717) is 26.1 Å². The van der Waals surface area contributed by atoms with Crippen molar-refractivity contribution in [1.29, 1.82) is 0 Å². The van der Waals surface area contributed by atoms with Crippen molar-refractivity contribution in [3.8, 4) is 0 Å². The molecule has 0 radical (unpaired) electrons. The molecule has 1 atom stereocenters. The van der Waals surface area contributed by atoms with Gasteiger partial charge in [-0.25, -0.2) is 0 Å². The summed E-state index contributed by atoms with van der Waals surface area (Å²) >= 11 is 1.63. The lowest BCUT2D eigenvalue weighted by molar-refractivity contribution is -0.149. The standard InChI is InChI=1S/C17H19NO2S/c1-17(14-6-3-2-4-7-14)13-18(9-10-20-17)16(19)12-15-8-5-11-21-15/h2-8,11H,9-10,12-13H2,1H3. The molecule has 3 rings (SSSR count). The average molecular weight is 301 g/mol. The number of rotatable bonds is 3. The van der Waals surface area contributed by atoms with Crippen LogP contribution in [-0.4, -0.2) is 30.5 Å². The van der Waals surface area contributed by atoms with Crippen LogP contribution in [0.15, 0.2) is 47.8 Å². The van der Waals surface area contributed by atoms with Crippen LogP contribution in [-0.2, 0) is 21.6 Å². The number of nitrogens with zero attached hydrogens (tertiary/aromatic N) is 1. The molecule has 1 aliphatic heterocycles. The van der Waals surface area contributed by atoms with Crippen molar-refractivity contribution in [3.05, 3.63) is 58.3 Å². The van der Waals surface area contributed by atoms with Crippen molar-refractivity contribution in [2.75, 3.05) is 19.7 Å². The van der Waals surface area contributed by atoms with E-state index in [0.717, 1.165) is 10.4 Å². The van der Waals surface area contributed by atoms with Gasteiger partial charge in [-0.15, -0.1) is 11.3 Å². The van der Waals surface area contributed by atoms with Gasteiger partial charge < -0.3 is 9.64 Å². The second-order valence-corrected chi connectivity index (χ2v) is 6.55. The van der Waals surface area contributed by atoms with Crippen molar-refractivity contribution in [1.82, 2.24) is 4.90 Å². The molecular formula is C17H19NO2S. The Morgan fingerprint density at radius 2 is 2.10 bits per heavy atom. The first kappa shape index (κ1) is 14.3. The summed E-state index contributed by atoms with van der Waals surface area (Å²) in [7, 11) is 0. The van der Waals surface area contributed by atoms with Crippen molar-refractivity contribution >= 4 is 17.2 Å². The summed E-state index contributed by atoms with van der Waals surface area (Å²) in [5.74, 6) is 0.183. The second-order valence-electron chi connectivity index (χ2n) is 5.52. The molecule has 3 nitrogen and oxygen atoms in total. The van der Waals surface area contributed by atoms with E-state index in [9.17, 15) is 4.79 Å². The third-order valence-corrected chi connectivity index (χ3v) is 4.79. The number of amides is 1. The Morgan fingerprint density at radius 1 is 1.29 bits per heavy atom. The molecule has 0 spiro atoms. The van der Waals surface area contributed by atoms with Gasteiger partial charge in [-0.1, -0.05) is 36.4 Å². The first-order valence-electron chi connectivity index (χ1n) is 7.17. The van der Waals surface area contributed by atoms with E-state index in [4.69, 9.17) is 4.74 Å². The molecule has 1 aromatic carbocycles. The minimum absolute atomic E-state index is 0.183. The Hall–Kier alpha value is -1.65. The van der Waals surface area contributed by atoms with Gasteiger partial charge in [0.25, 0.3) is 0 Å². The molecule has 21 heavy (non-hydrogen) atoms. The van der Waals surface area contributed by atoms with E-state index in [-0.39, 0.29) is 5.91 Å². The summed E-state index contributed by atoms with van der Waals surface area (Å²) in [6.07, 6.45) is 0.489. The quantitative estimate of drug-likeness (QED) is 0.872. The first-order chi connectivity index (χ1) is 10.2. The van der Waals surface area contributed by atoms with E-state index in [2.05, 4.69) is 19.1 Å². The summed E-state index contributed by atoms with van der Waals surface area (Å²) < 4.78 is 5.98. The summed E-state index contributed by atoms with van der Waals surface area (Å²) in [5, 5.41) is 2.01. The van der Waals surface area contributed by atoms with Crippen LogP contribution in [0.4, 0.5) is 0 Å². The van der Waals surface area contributed by atoms with Crippen molar-refractivity contribution in [2.45, 2.75) is 18.9 Å². The fourth-order valence-corrected chi connectivity index (χ4v) is 3.42. The van der Waals surface area contributed by atoms with Gasteiger partial charge >= 0.3 is 0 Å². The van der Waals surface area contributed by atoms with Crippen LogP contribution in [0.25, 0.3) is 0 Å². The van der Waals surface area contributed by atoms with Crippen LogP contribution in [0.2, 0.25) is 0 Å². The second kappa shape index (κ2) is 6.00. The fourth-order valence-electron chi connectivity index (χ4n) is 2.72. The number of thiophene rings is 1. The molecule has 110 valence electrons. The number of carbonyl (C=O) groups excluding carboxylic acids is 1. The Balaban J connectivity index is 1.72. The van der Waals surface area contributed by atoms with Gasteiger partial charge in [-0.3, -0.25) is 4.79 Å². The summed E-state index contributed by atoms with van der Waals surface area (Å²) in [6.45, 7) is 3.93. The zero-order valence-corrected chi connectivity index (χ0v) is 12.9. The first-order valence-corrected chi connectivity index (χ1v) is 8.05. The largest absolute Gasteiger partial charge is 0.367 e. The highest BCUT2D eigenvalue weighted by molar-refractivity contribution is 7.10. The highest BCUT2D eigenvalue weighted by atomic mass is 32.1. The minimum atomic E-state index is -0.412. The summed E-state index contributed by atoms with van der Waals surface area (Å²) in [5.41, 5.74) is 0.712. The number of benzene rings is 1. The summed E-state index contributed by atoms with van der Waals surface area (Å²) in [6, 6.07) is 14.1. The van der Waals surface area contributed by atoms with E-state index in [1.165, 1.54) is 0 Å². The highest BCUT2D eigenvalue weighted by Gasteiger charge is 2.35. The molecule has 1 aliphatic rings. The van der Waals surface area contributed by atoms with Gasteiger partial charge in [0.1, 0.15) is 5.60 Å². The SMILES string of the molecule is CC1(c2ccccc2)CN(C(=O)Cc2cccs2)CCO1. The predicted molar refractivity (Wildman–Crippen MR) is 84.3 cm³/mol. The molecule has 1 fully saturated rings. The molecule has 1 amide bonds. The topological polar surface area (TPSA) is 29.5 Å². The lowest BCUT2D eigenvalue weighted by Gasteiger charge is -2.41. The molecule has 0 saturated carbocycles. The summed E-state index contributed by atoms with van der Waals surface area (Å²) in [4.78, 5) is 15.5. The molecule has 4 heteroatoms. The molecule has 1 unspecified atom stereocenters. The van der Waals surface area contributed by atoms with E-state index < -0.39 is 5.60 Å². The van der Waals surface area contributed by atoms with Crippen molar-refractivity contribution in [3.63, 3.8) is 0 Å². The fraction of sp³-hybridized carbons (Fsp3) is 0.353. The van der Waals surface area contributed by atoms with E-state index in [1.807, 2.05) is 40.6 Å². The molecule has 2 aromatic rings. The monoisotopic (exact) mass is 301 g/mol. The van der Waals surface area contributed by atoms with Crippen LogP contribution >= 0.6 is 11.3 Å². The number of carbonyl (C=O) groups is 1. The van der Waals surface area contributed by atoms with Crippen LogP contribution in [0.3, 0.4) is 0 Å². The predicted octanol–water partition coefficient (Wildman–Crippen LogP) is 3.06. The Kier molecular flexibility index (Phi) is 4.08. The Labute approximate surface area is 129 Å². The zero-order chi connectivity index (χ0) is 14.7. The van der Waals surface area contributed by atoms with Gasteiger partial charge in [0.2, 0.25) is 5.91 Å². The number of hydrogen-bond donors (Lipinski definition) is 0. The normalized spacial score (nSPS) is 22.2. The van der Waals surface area contributed by atoms with Crippen LogP contribution < -0.4 is 0 Å².